The van der Waals surface area contributed by atoms with Gasteiger partial charge < -0.3 is 20.3 Å². The number of hydrogen-bond donors (Lipinski definition) is 2. The Labute approximate surface area is 180 Å². The quantitative estimate of drug-likeness (QED) is 0.463. The molecule has 0 radical (unpaired) electrons. The summed E-state index contributed by atoms with van der Waals surface area (Å²) in [6.07, 6.45) is 11.6. The van der Waals surface area contributed by atoms with E-state index >= 15 is 0 Å². The van der Waals surface area contributed by atoms with E-state index in [1.54, 1.807) is 5.57 Å². The lowest BCUT2D eigenvalue weighted by Crippen LogP contribution is -2.34. The van der Waals surface area contributed by atoms with Gasteiger partial charge in [-0.2, -0.15) is 4.98 Å². The molecule has 1 fully saturated rings. The summed E-state index contributed by atoms with van der Waals surface area (Å²) in [6.45, 7) is 8.38. The molecule has 3 unspecified atom stereocenters. The number of hydrogen-bond acceptors (Lipinski definition) is 6. The molecule has 1 aromatic rings. The van der Waals surface area contributed by atoms with Gasteiger partial charge in [0.1, 0.15) is 5.60 Å². The summed E-state index contributed by atoms with van der Waals surface area (Å²) in [4.78, 5) is 16.3. The van der Waals surface area contributed by atoms with Crippen LogP contribution in [0.25, 0.3) is 0 Å². The predicted molar refractivity (Wildman–Crippen MR) is 116 cm³/mol. The van der Waals surface area contributed by atoms with Crippen molar-refractivity contribution in [2.24, 2.45) is 17.1 Å². The number of ether oxygens (including phenoxy) is 1. The first-order chi connectivity index (χ1) is 14.2. The summed E-state index contributed by atoms with van der Waals surface area (Å²) in [5.41, 5.74) is 7.64. The Morgan fingerprint density at radius 1 is 1.43 bits per heavy atom. The molecule has 0 aromatic carbocycles. The Bertz CT molecular complexity index is 752. The molecule has 168 valence electrons. The van der Waals surface area contributed by atoms with Gasteiger partial charge in [-0.15, -0.1) is 0 Å². The van der Waals surface area contributed by atoms with Crippen molar-refractivity contribution in [3.8, 4) is 0 Å². The Hall–Kier alpha value is -1.89. The van der Waals surface area contributed by atoms with E-state index in [9.17, 15) is 4.79 Å². The number of nitrogens with one attached hydrogen (secondary N) is 1. The highest BCUT2D eigenvalue weighted by atomic mass is 16.6. The van der Waals surface area contributed by atoms with E-state index in [-0.39, 0.29) is 12.1 Å². The van der Waals surface area contributed by atoms with E-state index in [0.717, 1.165) is 43.8 Å². The van der Waals surface area contributed by atoms with Crippen LogP contribution in [0.4, 0.5) is 4.79 Å². The van der Waals surface area contributed by atoms with Crippen LogP contribution >= 0.6 is 0 Å². The number of aromatic nitrogens is 2. The van der Waals surface area contributed by atoms with Crippen LogP contribution in [0.2, 0.25) is 0 Å². The lowest BCUT2D eigenvalue weighted by molar-refractivity contribution is 0.0527. The summed E-state index contributed by atoms with van der Waals surface area (Å²) in [5.74, 6) is 2.05. The fourth-order valence-electron chi connectivity index (χ4n) is 4.74. The number of allylic oxidation sites excluding steroid dienone is 2. The van der Waals surface area contributed by atoms with Crippen molar-refractivity contribution >= 4 is 6.09 Å². The Morgan fingerprint density at radius 3 is 3.00 bits per heavy atom. The average molecular weight is 419 g/mol. The van der Waals surface area contributed by atoms with Crippen molar-refractivity contribution in [2.75, 3.05) is 6.54 Å². The highest BCUT2D eigenvalue weighted by Gasteiger charge is 2.40. The SMILES string of the molecule is CC1=CCC2(Cc3noc(C(N)CCCCNC(=O)OC(C)(C)C)n3)CCCC1C2. The van der Waals surface area contributed by atoms with Crippen molar-refractivity contribution in [1.29, 1.82) is 0 Å². The average Bonchev–Trinajstić information content (AvgIpc) is 3.12. The highest BCUT2D eigenvalue weighted by Crippen LogP contribution is 2.50. The molecular formula is C23H38N4O3. The van der Waals surface area contributed by atoms with E-state index in [2.05, 4.69) is 28.5 Å². The molecule has 7 heteroatoms. The Morgan fingerprint density at radius 2 is 2.23 bits per heavy atom. The van der Waals surface area contributed by atoms with Gasteiger partial charge in [-0.1, -0.05) is 23.2 Å². The number of nitrogens with two attached hydrogens (primary N) is 1. The Kier molecular flexibility index (Phi) is 7.22. The monoisotopic (exact) mass is 418 g/mol. The normalized spacial score (nSPS) is 24.8. The molecule has 2 bridgehead atoms. The van der Waals surface area contributed by atoms with Gasteiger partial charge in [-0.3, -0.25) is 0 Å². The minimum absolute atomic E-state index is 0.266. The maximum absolute atomic E-state index is 11.6. The number of nitrogens with zero attached hydrogens (tertiary/aromatic N) is 2. The predicted octanol–water partition coefficient (Wildman–Crippen LogP) is 4.83. The number of alkyl carbamates (subject to hydrolysis) is 1. The number of rotatable bonds is 8. The lowest BCUT2D eigenvalue weighted by Gasteiger charge is -2.44. The van der Waals surface area contributed by atoms with Gasteiger partial charge in [0.15, 0.2) is 5.82 Å². The van der Waals surface area contributed by atoms with Crippen LogP contribution in [-0.4, -0.2) is 28.4 Å². The van der Waals surface area contributed by atoms with Crippen LogP contribution in [0.3, 0.4) is 0 Å². The molecule has 1 amide bonds. The number of amides is 1. The molecule has 2 aliphatic rings. The molecule has 30 heavy (non-hydrogen) atoms. The Balaban J connectivity index is 1.41. The van der Waals surface area contributed by atoms with E-state index in [0.29, 0.717) is 17.9 Å². The number of unbranched alkanes of at least 4 members (excludes halogenated alkanes) is 1. The van der Waals surface area contributed by atoms with Gasteiger partial charge in [0.2, 0.25) is 5.89 Å². The molecule has 0 aliphatic heterocycles. The van der Waals surface area contributed by atoms with Gasteiger partial charge in [0, 0.05) is 13.0 Å². The smallest absolute Gasteiger partial charge is 0.407 e. The zero-order valence-electron chi connectivity index (χ0n) is 19.0. The molecule has 0 saturated heterocycles. The molecule has 2 aliphatic carbocycles. The number of carbonyl (C=O) groups excluding carboxylic acids is 1. The van der Waals surface area contributed by atoms with Crippen molar-refractivity contribution in [3.05, 3.63) is 23.4 Å². The van der Waals surface area contributed by atoms with Gasteiger partial charge in [-0.05, 0) is 84.0 Å². The van der Waals surface area contributed by atoms with E-state index in [4.69, 9.17) is 15.0 Å². The standard InChI is InChI=1S/C23H38N4O3/c1-16-10-12-23(11-7-8-17(16)14-23)15-19-26-20(30-27-19)18(24)9-5-6-13-25-21(28)29-22(2,3)4/h10,17-18H,5-9,11-15,24H2,1-4H3,(H,25,28). The minimum atomic E-state index is -0.479. The van der Waals surface area contributed by atoms with Crippen LogP contribution < -0.4 is 11.1 Å². The van der Waals surface area contributed by atoms with Crippen LogP contribution in [0, 0.1) is 11.3 Å². The summed E-state index contributed by atoms with van der Waals surface area (Å²) in [6, 6.07) is -0.266. The van der Waals surface area contributed by atoms with E-state index in [1.165, 1.54) is 25.7 Å². The molecule has 1 saturated carbocycles. The maximum Gasteiger partial charge on any atom is 0.407 e. The first-order valence-corrected chi connectivity index (χ1v) is 11.4. The highest BCUT2D eigenvalue weighted by molar-refractivity contribution is 5.67. The molecule has 7 nitrogen and oxygen atoms in total. The second-order valence-corrected chi connectivity index (χ2v) is 10.2. The zero-order valence-corrected chi connectivity index (χ0v) is 19.0. The third kappa shape index (κ3) is 6.30. The molecule has 3 atom stereocenters. The van der Waals surface area contributed by atoms with Crippen molar-refractivity contribution in [2.45, 2.75) is 97.1 Å². The van der Waals surface area contributed by atoms with Crippen molar-refractivity contribution in [1.82, 2.24) is 15.5 Å². The second kappa shape index (κ2) is 9.50. The number of carbonyl (C=O) groups is 1. The van der Waals surface area contributed by atoms with Gasteiger partial charge >= 0.3 is 6.09 Å². The van der Waals surface area contributed by atoms with Crippen LogP contribution in [0.1, 0.15) is 96.8 Å². The van der Waals surface area contributed by atoms with Crippen molar-refractivity contribution in [3.63, 3.8) is 0 Å². The lowest BCUT2D eigenvalue weighted by atomic mass is 9.61. The summed E-state index contributed by atoms with van der Waals surface area (Å²) in [5, 5.41) is 7.00. The third-order valence-corrected chi connectivity index (χ3v) is 6.38. The van der Waals surface area contributed by atoms with Crippen LogP contribution in [0.15, 0.2) is 16.2 Å². The maximum atomic E-state index is 11.6. The first-order valence-electron chi connectivity index (χ1n) is 11.4. The second-order valence-electron chi connectivity index (χ2n) is 10.2. The van der Waals surface area contributed by atoms with Gasteiger partial charge in [0.25, 0.3) is 0 Å². The largest absolute Gasteiger partial charge is 0.444 e. The van der Waals surface area contributed by atoms with E-state index < -0.39 is 5.60 Å². The number of fused-ring (bicyclic) bond motifs is 2. The summed E-state index contributed by atoms with van der Waals surface area (Å²) >= 11 is 0. The van der Waals surface area contributed by atoms with E-state index in [1.807, 2.05) is 20.8 Å². The van der Waals surface area contributed by atoms with Gasteiger partial charge in [0.05, 0.1) is 6.04 Å². The fraction of sp³-hybridized carbons (Fsp3) is 0.783. The van der Waals surface area contributed by atoms with Crippen LogP contribution in [-0.2, 0) is 11.2 Å². The minimum Gasteiger partial charge on any atom is -0.444 e. The summed E-state index contributed by atoms with van der Waals surface area (Å²) in [7, 11) is 0. The topological polar surface area (TPSA) is 103 Å². The molecule has 3 rings (SSSR count). The molecule has 1 heterocycles. The summed E-state index contributed by atoms with van der Waals surface area (Å²) < 4.78 is 10.7. The van der Waals surface area contributed by atoms with Crippen molar-refractivity contribution < 1.29 is 14.1 Å². The molecule has 3 N–H and O–H groups in total. The van der Waals surface area contributed by atoms with Gasteiger partial charge in [-0.25, -0.2) is 4.79 Å². The first kappa shape index (κ1) is 22.8. The van der Waals surface area contributed by atoms with Crippen LogP contribution in [0.5, 0.6) is 0 Å². The molecular weight excluding hydrogens is 380 g/mol. The third-order valence-electron chi connectivity index (χ3n) is 6.38. The fourth-order valence-corrected chi connectivity index (χ4v) is 4.74. The zero-order chi connectivity index (χ0) is 21.8. The molecule has 0 spiro atoms. The molecule has 1 aromatic heterocycles.